The first kappa shape index (κ1) is 19.5. The molecule has 2 heterocycles. The molecule has 3 rings (SSSR count). The van der Waals surface area contributed by atoms with Gasteiger partial charge in [0.05, 0.1) is 17.0 Å². The van der Waals surface area contributed by atoms with Gasteiger partial charge in [-0.25, -0.2) is 4.79 Å². The molecule has 0 unspecified atom stereocenters. The minimum absolute atomic E-state index is 0.412. The number of benzene rings is 1. The molecule has 1 aromatic heterocycles. The number of esters is 1. The van der Waals surface area contributed by atoms with Crippen LogP contribution in [0.1, 0.15) is 29.6 Å². The van der Waals surface area contributed by atoms with E-state index in [1.807, 2.05) is 6.07 Å². The fraction of sp³-hybridized carbons (Fsp3) is 0.421. The van der Waals surface area contributed by atoms with Crippen molar-refractivity contribution in [3.8, 4) is 16.9 Å². The van der Waals surface area contributed by atoms with E-state index in [4.69, 9.17) is 32.7 Å². The molecule has 140 valence electrons. The lowest BCUT2D eigenvalue weighted by molar-refractivity contribution is 0.0600. The minimum Gasteiger partial charge on any atom is -0.492 e. The molecular weight excluding hydrogens is 393 g/mol. The van der Waals surface area contributed by atoms with Crippen LogP contribution in [0.2, 0.25) is 8.67 Å². The summed E-state index contributed by atoms with van der Waals surface area (Å²) in [6, 6.07) is 7.12. The van der Waals surface area contributed by atoms with Gasteiger partial charge in [-0.15, -0.1) is 11.3 Å². The molecule has 0 saturated carbocycles. The Labute approximate surface area is 167 Å². The van der Waals surface area contributed by atoms with Gasteiger partial charge in [-0.1, -0.05) is 29.6 Å². The molecule has 0 bridgehead atoms. The van der Waals surface area contributed by atoms with Gasteiger partial charge in [0.1, 0.15) is 16.7 Å². The topological polar surface area (TPSA) is 38.8 Å². The SMILES string of the molecule is COC(=O)c1cc(OCCN2CCCCC2)cc(-c2cc(Cl)sc2Cl)c1. The maximum atomic E-state index is 12.0. The summed E-state index contributed by atoms with van der Waals surface area (Å²) in [6.45, 7) is 3.70. The molecule has 0 aliphatic carbocycles. The van der Waals surface area contributed by atoms with Crippen molar-refractivity contribution in [2.24, 2.45) is 0 Å². The first-order chi connectivity index (χ1) is 12.6. The number of thiophene rings is 1. The number of rotatable bonds is 6. The summed E-state index contributed by atoms with van der Waals surface area (Å²) in [4.78, 5) is 14.4. The zero-order valence-corrected chi connectivity index (χ0v) is 16.9. The van der Waals surface area contributed by atoms with Crippen LogP contribution in [0.4, 0.5) is 0 Å². The van der Waals surface area contributed by atoms with Crippen molar-refractivity contribution in [2.45, 2.75) is 19.3 Å². The Hall–Kier alpha value is -1.27. The summed E-state index contributed by atoms with van der Waals surface area (Å²) in [7, 11) is 1.36. The Morgan fingerprint density at radius 1 is 1.15 bits per heavy atom. The summed E-state index contributed by atoms with van der Waals surface area (Å²) >= 11 is 13.6. The number of hydrogen-bond acceptors (Lipinski definition) is 5. The van der Waals surface area contributed by atoms with E-state index in [2.05, 4.69) is 4.90 Å². The monoisotopic (exact) mass is 413 g/mol. The van der Waals surface area contributed by atoms with Crippen molar-refractivity contribution in [1.82, 2.24) is 4.90 Å². The molecule has 4 nitrogen and oxygen atoms in total. The van der Waals surface area contributed by atoms with E-state index in [1.165, 1.54) is 37.7 Å². The highest BCUT2D eigenvalue weighted by Crippen LogP contribution is 2.39. The van der Waals surface area contributed by atoms with Crippen molar-refractivity contribution in [3.05, 3.63) is 38.5 Å². The van der Waals surface area contributed by atoms with Gasteiger partial charge in [-0.05, 0) is 55.8 Å². The van der Waals surface area contributed by atoms with Crippen molar-refractivity contribution in [2.75, 3.05) is 33.4 Å². The third-order valence-electron chi connectivity index (χ3n) is 4.42. The Kier molecular flexibility index (Phi) is 6.81. The first-order valence-corrected chi connectivity index (χ1v) is 10.2. The Morgan fingerprint density at radius 2 is 1.92 bits per heavy atom. The number of carbonyl (C=O) groups excluding carboxylic acids is 1. The second-order valence-corrected chi connectivity index (χ2v) is 8.51. The van der Waals surface area contributed by atoms with Crippen LogP contribution in [0.3, 0.4) is 0 Å². The van der Waals surface area contributed by atoms with Crippen molar-refractivity contribution in [1.29, 1.82) is 0 Å². The van der Waals surface area contributed by atoms with E-state index < -0.39 is 5.97 Å². The molecule has 2 aromatic rings. The van der Waals surface area contributed by atoms with Gasteiger partial charge in [0.2, 0.25) is 0 Å². The number of halogens is 2. The molecule has 26 heavy (non-hydrogen) atoms. The van der Waals surface area contributed by atoms with Gasteiger partial charge in [0.15, 0.2) is 0 Å². The number of ether oxygens (including phenoxy) is 2. The zero-order valence-electron chi connectivity index (χ0n) is 14.6. The lowest BCUT2D eigenvalue weighted by Crippen LogP contribution is -2.33. The van der Waals surface area contributed by atoms with Crippen molar-refractivity contribution < 1.29 is 14.3 Å². The smallest absolute Gasteiger partial charge is 0.338 e. The van der Waals surface area contributed by atoms with E-state index in [0.717, 1.165) is 30.8 Å². The fourth-order valence-electron chi connectivity index (χ4n) is 3.09. The van der Waals surface area contributed by atoms with Crippen molar-refractivity contribution >= 4 is 40.5 Å². The van der Waals surface area contributed by atoms with E-state index in [-0.39, 0.29) is 0 Å². The van der Waals surface area contributed by atoms with Crippen LogP contribution in [0, 0.1) is 0 Å². The molecule has 1 saturated heterocycles. The number of piperidine rings is 1. The molecule has 1 fully saturated rings. The summed E-state index contributed by atoms with van der Waals surface area (Å²) < 4.78 is 12.0. The number of nitrogens with zero attached hydrogens (tertiary/aromatic N) is 1. The van der Waals surface area contributed by atoms with Gasteiger partial charge in [0.25, 0.3) is 0 Å². The largest absolute Gasteiger partial charge is 0.492 e. The number of hydrogen-bond donors (Lipinski definition) is 0. The van der Waals surface area contributed by atoms with Crippen LogP contribution in [-0.4, -0.2) is 44.2 Å². The van der Waals surface area contributed by atoms with Gasteiger partial charge < -0.3 is 9.47 Å². The average molecular weight is 414 g/mol. The highest BCUT2D eigenvalue weighted by Gasteiger charge is 2.15. The maximum Gasteiger partial charge on any atom is 0.338 e. The molecule has 1 aliphatic rings. The number of likely N-dealkylation sites (tertiary alicyclic amines) is 1. The summed E-state index contributed by atoms with van der Waals surface area (Å²) in [6.07, 6.45) is 3.81. The number of methoxy groups -OCH3 is 1. The molecule has 0 N–H and O–H groups in total. The van der Waals surface area contributed by atoms with Gasteiger partial charge >= 0.3 is 5.97 Å². The van der Waals surface area contributed by atoms with E-state index in [0.29, 0.717) is 26.6 Å². The average Bonchev–Trinajstić information content (AvgIpc) is 3.00. The first-order valence-electron chi connectivity index (χ1n) is 8.60. The van der Waals surface area contributed by atoms with Crippen molar-refractivity contribution in [3.63, 3.8) is 0 Å². The highest BCUT2D eigenvalue weighted by atomic mass is 35.5. The van der Waals surface area contributed by atoms with Gasteiger partial charge in [0, 0.05) is 12.1 Å². The molecule has 0 amide bonds. The second-order valence-electron chi connectivity index (χ2n) is 6.23. The molecule has 1 aliphatic heterocycles. The normalized spacial score (nSPS) is 15.0. The van der Waals surface area contributed by atoms with Crippen LogP contribution < -0.4 is 4.74 Å². The third kappa shape index (κ3) is 4.92. The van der Waals surface area contributed by atoms with Crippen LogP contribution in [0.25, 0.3) is 11.1 Å². The van der Waals surface area contributed by atoms with Gasteiger partial charge in [-0.3, -0.25) is 4.90 Å². The minimum atomic E-state index is -0.412. The predicted octanol–water partition coefficient (Wildman–Crippen LogP) is 5.37. The summed E-state index contributed by atoms with van der Waals surface area (Å²) in [5, 5.41) is 0. The highest BCUT2D eigenvalue weighted by molar-refractivity contribution is 7.20. The standard InChI is InChI=1S/C19H21Cl2NO3S/c1-24-19(23)14-9-13(16-12-17(20)26-18(16)21)10-15(11-14)25-8-7-22-5-3-2-4-6-22/h9-12H,2-8H2,1H3. The Balaban J connectivity index is 1.78. The Bertz CT molecular complexity index is 772. The predicted molar refractivity (Wildman–Crippen MR) is 107 cm³/mol. The molecule has 0 radical (unpaired) electrons. The van der Waals surface area contributed by atoms with Crippen LogP contribution >= 0.6 is 34.5 Å². The Morgan fingerprint density at radius 3 is 2.58 bits per heavy atom. The van der Waals surface area contributed by atoms with Crippen LogP contribution in [0.5, 0.6) is 5.75 Å². The lowest BCUT2D eigenvalue weighted by atomic mass is 10.1. The maximum absolute atomic E-state index is 12.0. The third-order valence-corrected chi connectivity index (χ3v) is 5.91. The summed E-state index contributed by atoms with van der Waals surface area (Å²) in [5.41, 5.74) is 2.00. The lowest BCUT2D eigenvalue weighted by Gasteiger charge is -2.26. The molecular formula is C19H21Cl2NO3S. The quantitative estimate of drug-likeness (QED) is 0.596. The molecule has 0 atom stereocenters. The molecule has 7 heteroatoms. The molecule has 0 spiro atoms. The van der Waals surface area contributed by atoms with E-state index in [1.54, 1.807) is 18.2 Å². The zero-order chi connectivity index (χ0) is 18.5. The second kappa shape index (κ2) is 9.09. The van der Waals surface area contributed by atoms with E-state index in [9.17, 15) is 4.79 Å². The van der Waals surface area contributed by atoms with E-state index >= 15 is 0 Å². The van der Waals surface area contributed by atoms with Crippen LogP contribution in [-0.2, 0) is 4.74 Å². The van der Waals surface area contributed by atoms with Gasteiger partial charge in [-0.2, -0.15) is 0 Å². The summed E-state index contributed by atoms with van der Waals surface area (Å²) in [5.74, 6) is 0.212. The number of carbonyl (C=O) groups is 1. The molecule has 1 aromatic carbocycles. The van der Waals surface area contributed by atoms with Crippen LogP contribution in [0.15, 0.2) is 24.3 Å². The fourth-order valence-corrected chi connectivity index (χ4v) is 4.59.